The van der Waals surface area contributed by atoms with Crippen LogP contribution >= 0.6 is 41.2 Å². The van der Waals surface area contributed by atoms with Gasteiger partial charge in [0.25, 0.3) is 0 Å². The second kappa shape index (κ2) is 14.3. The Hall–Kier alpha value is 0.110. The first-order chi connectivity index (χ1) is 14.1. The van der Waals surface area contributed by atoms with E-state index >= 15 is 0 Å². The van der Waals surface area contributed by atoms with Gasteiger partial charge in [-0.25, -0.2) is 4.98 Å². The minimum absolute atomic E-state index is 0.184. The van der Waals surface area contributed by atoms with Crippen molar-refractivity contribution in [1.82, 2.24) is 15.3 Å². The molecule has 1 fully saturated rings. The second-order valence-electron chi connectivity index (χ2n) is 8.92. The van der Waals surface area contributed by atoms with Crippen molar-refractivity contribution in [2.45, 2.75) is 74.3 Å². The molecule has 4 N–H and O–H groups in total. The van der Waals surface area contributed by atoms with Gasteiger partial charge < -0.3 is 15.3 Å². The van der Waals surface area contributed by atoms with Crippen molar-refractivity contribution in [3.05, 3.63) is 11.9 Å². The molecule has 1 saturated heterocycles. The van der Waals surface area contributed by atoms with Crippen LogP contribution in [-0.4, -0.2) is 30.1 Å². The molecule has 1 aromatic rings. The van der Waals surface area contributed by atoms with Gasteiger partial charge in [0, 0.05) is 19.5 Å². The molecule has 0 aromatic carbocycles. The first kappa shape index (κ1) is 30.1. The fourth-order valence-electron chi connectivity index (χ4n) is 3.86. The molecule has 0 spiro atoms. The number of aromatic nitrogens is 2. The molecule has 30 heavy (non-hydrogen) atoms. The van der Waals surface area contributed by atoms with Gasteiger partial charge in [0.05, 0.1) is 17.9 Å². The van der Waals surface area contributed by atoms with Crippen molar-refractivity contribution in [3.8, 4) is 0 Å². The van der Waals surface area contributed by atoms with Crippen molar-refractivity contribution in [2.75, 3.05) is 30.1 Å². The molecule has 2 rings (SSSR count). The van der Waals surface area contributed by atoms with Crippen LogP contribution in [0.4, 0.5) is 11.6 Å². The van der Waals surface area contributed by atoms with Crippen LogP contribution in [0, 0.1) is 16.7 Å². The Morgan fingerprint density at radius 1 is 1.23 bits per heavy atom. The largest absolute Gasteiger partial charge is 0.355 e. The van der Waals surface area contributed by atoms with Gasteiger partial charge in [-0.1, -0.05) is 48.5 Å². The number of hydrogen-bond acceptors (Lipinski definition) is 7. The van der Waals surface area contributed by atoms with Gasteiger partial charge in [0.2, 0.25) is 0 Å². The molecule has 9 heteroatoms. The SMILES string of the molecule is CC.CNC(C)c1ncc(N2CCC(C)(C(C)C(C)(C)C)CC2)nc1NPI.NS. The zero-order valence-corrected chi connectivity index (χ0v) is 24.4. The number of nitrogens with two attached hydrogens (primary N) is 1. The van der Waals surface area contributed by atoms with E-state index in [-0.39, 0.29) is 6.04 Å². The Morgan fingerprint density at radius 2 is 1.77 bits per heavy atom. The third-order valence-corrected chi connectivity index (χ3v) is 7.51. The normalized spacial score (nSPS) is 18.1. The van der Waals surface area contributed by atoms with E-state index < -0.39 is 0 Å². The summed E-state index contributed by atoms with van der Waals surface area (Å²) in [4.78, 5) is 12.0. The van der Waals surface area contributed by atoms with Crippen molar-refractivity contribution in [3.63, 3.8) is 0 Å². The summed E-state index contributed by atoms with van der Waals surface area (Å²) in [7, 11) is 1.96. The van der Waals surface area contributed by atoms with E-state index in [0.717, 1.165) is 30.4 Å². The summed E-state index contributed by atoms with van der Waals surface area (Å²) in [6.07, 6.45) is 4.94. The first-order valence-electron chi connectivity index (χ1n) is 10.8. The van der Waals surface area contributed by atoms with E-state index in [2.05, 4.69) is 96.8 Å². The molecule has 1 aliphatic heterocycles. The summed E-state index contributed by atoms with van der Waals surface area (Å²) in [6.45, 7) is 20.2. The topological polar surface area (TPSA) is 79.1 Å². The molecular formula is C21H44IN6PS. The summed E-state index contributed by atoms with van der Waals surface area (Å²) >= 11 is 5.37. The molecule has 0 radical (unpaired) electrons. The Kier molecular flexibility index (Phi) is 14.3. The van der Waals surface area contributed by atoms with Crippen LogP contribution in [0.15, 0.2) is 6.20 Å². The average Bonchev–Trinajstić information content (AvgIpc) is 2.75. The highest BCUT2D eigenvalue weighted by Gasteiger charge is 2.40. The van der Waals surface area contributed by atoms with E-state index in [1.165, 1.54) is 12.8 Å². The van der Waals surface area contributed by atoms with Crippen molar-refractivity contribution < 1.29 is 0 Å². The van der Waals surface area contributed by atoms with Crippen LogP contribution in [-0.2, 0) is 0 Å². The molecule has 0 amide bonds. The van der Waals surface area contributed by atoms with Gasteiger partial charge in [0.15, 0.2) is 5.82 Å². The Balaban J connectivity index is 0.00000198. The minimum Gasteiger partial charge on any atom is -0.355 e. The zero-order valence-electron chi connectivity index (χ0n) is 20.3. The standard InChI is InChI=1S/C19H35IN5P.C2H6.H3NS/c1-13(21-7)16-17(24-26-20)23-15(12-22-16)25-10-8-19(6,9-11-25)14(2)18(3,4)5;2*1-2/h12-14,21,26H,8-11H2,1-7H3,(H,23,24);1-2H3;2H,1H2. The van der Waals surface area contributed by atoms with Gasteiger partial charge in [-0.3, -0.25) is 10.1 Å². The molecule has 3 unspecified atom stereocenters. The van der Waals surface area contributed by atoms with E-state index in [0.29, 0.717) is 23.1 Å². The number of halogens is 1. The molecular weight excluding hydrogens is 526 g/mol. The number of nitrogens with one attached hydrogen (secondary N) is 2. The lowest BCUT2D eigenvalue weighted by atomic mass is 9.62. The average molecular weight is 571 g/mol. The lowest BCUT2D eigenvalue weighted by Crippen LogP contribution is -2.45. The molecule has 2 heterocycles. The minimum atomic E-state index is 0.184. The predicted molar refractivity (Wildman–Crippen MR) is 148 cm³/mol. The van der Waals surface area contributed by atoms with Gasteiger partial charge in [-0.05, 0) is 65.6 Å². The van der Waals surface area contributed by atoms with Gasteiger partial charge in [-0.2, -0.15) is 0 Å². The molecule has 1 aromatic heterocycles. The number of thiol groups is 1. The number of hydrogen-bond donors (Lipinski definition) is 4. The highest BCUT2D eigenvalue weighted by Crippen LogP contribution is 2.47. The fraction of sp³-hybridized carbons (Fsp3) is 0.810. The third kappa shape index (κ3) is 8.23. The maximum absolute atomic E-state index is 4.91. The van der Waals surface area contributed by atoms with Gasteiger partial charge >= 0.3 is 0 Å². The number of piperidine rings is 1. The van der Waals surface area contributed by atoms with E-state index in [9.17, 15) is 0 Å². The number of anilines is 2. The summed E-state index contributed by atoms with van der Waals surface area (Å²) in [5.74, 6) is 2.60. The molecule has 0 bridgehead atoms. The van der Waals surface area contributed by atoms with Crippen LogP contribution in [0.3, 0.4) is 0 Å². The second-order valence-corrected chi connectivity index (χ2v) is 11.0. The summed E-state index contributed by atoms with van der Waals surface area (Å²) < 4.78 is 0. The molecule has 6 nitrogen and oxygen atoms in total. The van der Waals surface area contributed by atoms with E-state index in [4.69, 9.17) is 9.97 Å². The Bertz CT molecular complexity index is 606. The summed E-state index contributed by atoms with van der Waals surface area (Å²) in [5.41, 5.74) is 1.73. The highest BCUT2D eigenvalue weighted by molar-refractivity contribution is 14.2. The third-order valence-electron chi connectivity index (χ3n) is 6.37. The molecule has 3 atom stereocenters. The molecule has 0 saturated carbocycles. The monoisotopic (exact) mass is 570 g/mol. The molecule has 176 valence electrons. The van der Waals surface area contributed by atoms with E-state index in [1.54, 1.807) is 0 Å². The van der Waals surface area contributed by atoms with Crippen LogP contribution in [0.1, 0.15) is 80.0 Å². The lowest BCUT2D eigenvalue weighted by molar-refractivity contribution is 0.0617. The first-order valence-corrected chi connectivity index (χ1v) is 15.4. The molecule has 1 aliphatic rings. The maximum atomic E-state index is 4.91. The van der Waals surface area contributed by atoms with Crippen molar-refractivity contribution in [2.24, 2.45) is 21.9 Å². The van der Waals surface area contributed by atoms with Crippen LogP contribution in [0.2, 0.25) is 0 Å². The van der Waals surface area contributed by atoms with Crippen LogP contribution < -0.4 is 20.4 Å². The Morgan fingerprint density at radius 3 is 2.20 bits per heavy atom. The number of nitrogens with zero attached hydrogens (tertiary/aromatic N) is 3. The Labute approximate surface area is 205 Å². The van der Waals surface area contributed by atoms with E-state index in [1.807, 2.05) is 27.1 Å². The smallest absolute Gasteiger partial charge is 0.155 e. The van der Waals surface area contributed by atoms with Crippen molar-refractivity contribution >= 4 is 52.9 Å². The van der Waals surface area contributed by atoms with Gasteiger partial charge in [0.1, 0.15) is 5.82 Å². The lowest BCUT2D eigenvalue weighted by Gasteiger charge is -2.48. The summed E-state index contributed by atoms with van der Waals surface area (Å²) in [5, 5.41) is 10.9. The summed E-state index contributed by atoms with van der Waals surface area (Å²) in [6, 6.07) is 0.184. The van der Waals surface area contributed by atoms with Gasteiger partial charge in [-0.15, -0.1) is 12.8 Å². The predicted octanol–water partition coefficient (Wildman–Crippen LogP) is 6.22. The quantitative estimate of drug-likeness (QED) is 0.185. The maximum Gasteiger partial charge on any atom is 0.155 e. The molecule has 0 aliphatic carbocycles. The number of rotatable bonds is 6. The van der Waals surface area contributed by atoms with Crippen LogP contribution in [0.25, 0.3) is 0 Å². The van der Waals surface area contributed by atoms with Crippen molar-refractivity contribution in [1.29, 1.82) is 0 Å². The fourth-order valence-corrected chi connectivity index (χ4v) is 4.90. The zero-order chi connectivity index (χ0) is 23.5. The highest BCUT2D eigenvalue weighted by atomic mass is 127. The van der Waals surface area contributed by atoms with Crippen LogP contribution in [0.5, 0.6) is 0 Å².